The number of aromatic nitrogens is 3. The number of imidazole rings is 1. The number of fused-ring (bicyclic) bond motifs is 3. The maximum atomic E-state index is 14.1. The van der Waals surface area contributed by atoms with Gasteiger partial charge in [0.2, 0.25) is 5.95 Å². The van der Waals surface area contributed by atoms with Crippen molar-refractivity contribution in [2.75, 3.05) is 0 Å². The molecule has 0 radical (unpaired) electrons. The number of nitrogens with zero attached hydrogens (tertiary/aromatic N) is 3. The topological polar surface area (TPSA) is 56.7 Å². The Morgan fingerprint density at radius 2 is 1.96 bits per heavy atom. The van der Waals surface area contributed by atoms with Crippen molar-refractivity contribution < 1.29 is 17.6 Å². The van der Waals surface area contributed by atoms with Crippen molar-refractivity contribution in [3.05, 3.63) is 47.6 Å². The third kappa shape index (κ3) is 2.32. The summed E-state index contributed by atoms with van der Waals surface area (Å²) in [5.74, 6) is -4.06. The average Bonchev–Trinajstić information content (AvgIpc) is 2.87. The van der Waals surface area contributed by atoms with Crippen LogP contribution in [-0.2, 0) is 13.0 Å². The van der Waals surface area contributed by atoms with Gasteiger partial charge in [-0.05, 0) is 5.92 Å². The number of halogens is 4. The van der Waals surface area contributed by atoms with Gasteiger partial charge in [0.25, 0.3) is 0 Å². The predicted molar refractivity (Wildman–Crippen MR) is 79.2 cm³/mol. The number of nitrogens with two attached hydrogens (primary N) is 1. The van der Waals surface area contributed by atoms with Gasteiger partial charge >= 0.3 is 0 Å². The molecule has 126 valence electrons. The molecule has 0 spiro atoms. The molecule has 8 heteroatoms. The number of hydrogen-bond acceptors (Lipinski definition) is 3. The van der Waals surface area contributed by atoms with E-state index in [1.54, 1.807) is 4.57 Å². The van der Waals surface area contributed by atoms with Gasteiger partial charge in [0.05, 0.1) is 11.7 Å². The van der Waals surface area contributed by atoms with Gasteiger partial charge < -0.3 is 10.3 Å². The summed E-state index contributed by atoms with van der Waals surface area (Å²) in [5, 5.41) is 0. The summed E-state index contributed by atoms with van der Waals surface area (Å²) in [6.45, 7) is 0.303. The maximum Gasteiger partial charge on any atom is 0.215 e. The molecule has 2 aliphatic rings. The lowest BCUT2D eigenvalue weighted by atomic mass is 9.77. The first-order chi connectivity index (χ1) is 11.4. The zero-order chi connectivity index (χ0) is 17.0. The van der Waals surface area contributed by atoms with Gasteiger partial charge in [-0.15, -0.1) is 0 Å². The number of rotatable bonds is 1. The van der Waals surface area contributed by atoms with E-state index in [0.717, 1.165) is 0 Å². The summed E-state index contributed by atoms with van der Waals surface area (Å²) in [6, 6.07) is 0.793. The molecule has 0 amide bonds. The molecule has 0 saturated carbocycles. The Morgan fingerprint density at radius 1 is 1.17 bits per heavy atom. The Hall–Kier alpha value is -2.22. The van der Waals surface area contributed by atoms with Crippen LogP contribution in [0.3, 0.4) is 0 Å². The summed E-state index contributed by atoms with van der Waals surface area (Å²) in [5.41, 5.74) is 7.27. The number of pyridine rings is 1. The third-order valence-corrected chi connectivity index (χ3v) is 4.84. The Kier molecular flexibility index (Phi) is 3.45. The standard InChI is InChI=1S/C16H14F4N4/c17-9-3-11(19)10(18)1-7(9)8-2-16-23-13-5-22-15(20)4-14(13)24(16)6-12(8)21/h3-5,7-8,12H,1-2,6,21H2/t7?,8-,12?/m1/s1. The SMILES string of the molecule is NC1Cn2c(nc3cnc(F)cc32)C[C@@H]1C1CC(F)=C(F)C=C1F. The average molecular weight is 338 g/mol. The highest BCUT2D eigenvalue weighted by Gasteiger charge is 2.38. The van der Waals surface area contributed by atoms with E-state index < -0.39 is 41.3 Å². The van der Waals surface area contributed by atoms with Crippen LogP contribution in [0.25, 0.3) is 11.0 Å². The molecular weight excluding hydrogens is 324 g/mol. The molecule has 4 nitrogen and oxygen atoms in total. The van der Waals surface area contributed by atoms with Crippen LogP contribution in [0.15, 0.2) is 35.8 Å². The van der Waals surface area contributed by atoms with Gasteiger partial charge in [-0.2, -0.15) is 4.39 Å². The van der Waals surface area contributed by atoms with E-state index in [1.807, 2.05) is 0 Å². The van der Waals surface area contributed by atoms with Crippen LogP contribution in [0.2, 0.25) is 0 Å². The third-order valence-electron chi connectivity index (χ3n) is 4.84. The van der Waals surface area contributed by atoms with Crippen LogP contribution < -0.4 is 5.73 Å². The normalized spacial score (nSPS) is 27.4. The molecular formula is C16H14F4N4. The molecule has 2 aromatic heterocycles. The van der Waals surface area contributed by atoms with Crippen LogP contribution in [0, 0.1) is 17.8 Å². The first-order valence-corrected chi connectivity index (χ1v) is 7.61. The second kappa shape index (κ2) is 5.41. The van der Waals surface area contributed by atoms with Crippen molar-refractivity contribution in [1.82, 2.24) is 14.5 Å². The van der Waals surface area contributed by atoms with Gasteiger partial charge in [0.15, 0.2) is 5.83 Å². The molecule has 0 bridgehead atoms. The fourth-order valence-corrected chi connectivity index (χ4v) is 3.61. The molecule has 0 fully saturated rings. The van der Waals surface area contributed by atoms with Crippen LogP contribution in [0.4, 0.5) is 17.6 Å². The van der Waals surface area contributed by atoms with E-state index in [0.29, 0.717) is 35.9 Å². The van der Waals surface area contributed by atoms with Crippen molar-refractivity contribution in [3.8, 4) is 0 Å². The minimum atomic E-state index is -1.16. The summed E-state index contributed by atoms with van der Waals surface area (Å²) < 4.78 is 56.0. The van der Waals surface area contributed by atoms with Crippen LogP contribution in [-0.4, -0.2) is 20.6 Å². The largest absolute Gasteiger partial charge is 0.326 e. The zero-order valence-electron chi connectivity index (χ0n) is 12.5. The van der Waals surface area contributed by atoms with E-state index in [1.165, 1.54) is 12.3 Å². The lowest BCUT2D eigenvalue weighted by molar-refractivity contribution is 0.217. The van der Waals surface area contributed by atoms with E-state index >= 15 is 0 Å². The minimum Gasteiger partial charge on any atom is -0.326 e. The van der Waals surface area contributed by atoms with E-state index in [2.05, 4.69) is 9.97 Å². The monoisotopic (exact) mass is 338 g/mol. The molecule has 2 N–H and O–H groups in total. The summed E-state index contributed by atoms with van der Waals surface area (Å²) in [7, 11) is 0. The van der Waals surface area contributed by atoms with Gasteiger partial charge in [-0.1, -0.05) is 0 Å². The first kappa shape index (κ1) is 15.3. The zero-order valence-corrected chi connectivity index (χ0v) is 12.5. The molecule has 0 saturated heterocycles. The number of hydrogen-bond donors (Lipinski definition) is 1. The van der Waals surface area contributed by atoms with E-state index in [4.69, 9.17) is 5.73 Å². The quantitative estimate of drug-likeness (QED) is 0.642. The van der Waals surface area contributed by atoms with E-state index in [9.17, 15) is 17.6 Å². The molecule has 1 aliphatic heterocycles. The van der Waals surface area contributed by atoms with Crippen LogP contribution in [0.1, 0.15) is 12.2 Å². The minimum absolute atomic E-state index is 0.303. The smallest absolute Gasteiger partial charge is 0.215 e. The Labute approximate surface area is 134 Å². The molecule has 3 atom stereocenters. The number of allylic oxidation sites excluding steroid dienone is 4. The molecule has 2 unspecified atom stereocenters. The maximum absolute atomic E-state index is 14.1. The Balaban J connectivity index is 1.70. The van der Waals surface area contributed by atoms with Crippen LogP contribution >= 0.6 is 0 Å². The molecule has 24 heavy (non-hydrogen) atoms. The van der Waals surface area contributed by atoms with Gasteiger partial charge in [-0.25, -0.2) is 23.1 Å². The molecule has 2 aromatic rings. The van der Waals surface area contributed by atoms with Crippen molar-refractivity contribution >= 4 is 11.0 Å². The summed E-state index contributed by atoms with van der Waals surface area (Å²) in [6.07, 6.45) is 1.88. The lowest BCUT2D eigenvalue weighted by Gasteiger charge is -2.35. The van der Waals surface area contributed by atoms with E-state index in [-0.39, 0.29) is 6.42 Å². The Bertz CT molecular complexity index is 886. The second-order valence-corrected chi connectivity index (χ2v) is 6.26. The van der Waals surface area contributed by atoms with Gasteiger partial charge in [-0.3, -0.25) is 0 Å². The molecule has 0 aromatic carbocycles. The highest BCUT2D eigenvalue weighted by Crippen LogP contribution is 2.40. The Morgan fingerprint density at radius 3 is 2.75 bits per heavy atom. The molecule has 3 heterocycles. The highest BCUT2D eigenvalue weighted by molar-refractivity contribution is 5.75. The molecule has 4 rings (SSSR count). The lowest BCUT2D eigenvalue weighted by Crippen LogP contribution is -2.44. The fraction of sp³-hybridized carbons (Fsp3) is 0.375. The fourth-order valence-electron chi connectivity index (χ4n) is 3.61. The summed E-state index contributed by atoms with van der Waals surface area (Å²) >= 11 is 0. The van der Waals surface area contributed by atoms with Crippen molar-refractivity contribution in [2.24, 2.45) is 17.6 Å². The highest BCUT2D eigenvalue weighted by atomic mass is 19.2. The van der Waals surface area contributed by atoms with Crippen LogP contribution in [0.5, 0.6) is 0 Å². The predicted octanol–water partition coefficient (Wildman–Crippen LogP) is 3.09. The van der Waals surface area contributed by atoms with Crippen molar-refractivity contribution in [1.29, 1.82) is 0 Å². The molecule has 1 aliphatic carbocycles. The first-order valence-electron chi connectivity index (χ1n) is 7.61. The van der Waals surface area contributed by atoms with Crippen molar-refractivity contribution in [3.63, 3.8) is 0 Å². The van der Waals surface area contributed by atoms with Crippen molar-refractivity contribution in [2.45, 2.75) is 25.4 Å². The van der Waals surface area contributed by atoms with Gasteiger partial charge in [0, 0.05) is 43.5 Å². The summed E-state index contributed by atoms with van der Waals surface area (Å²) in [4.78, 5) is 7.96. The second-order valence-electron chi connectivity index (χ2n) is 6.26. The van der Waals surface area contributed by atoms with Gasteiger partial charge in [0.1, 0.15) is 23.0 Å².